The van der Waals surface area contributed by atoms with E-state index in [9.17, 15) is 8.78 Å². The summed E-state index contributed by atoms with van der Waals surface area (Å²) in [4.78, 5) is 1.00. The van der Waals surface area contributed by atoms with Crippen molar-refractivity contribution in [1.29, 1.82) is 0 Å². The van der Waals surface area contributed by atoms with Gasteiger partial charge >= 0.3 is 6.61 Å². The second kappa shape index (κ2) is 6.32. The van der Waals surface area contributed by atoms with E-state index < -0.39 is 12.7 Å². The molecule has 102 valence electrons. The Morgan fingerprint density at radius 3 is 2.58 bits per heavy atom. The zero-order valence-corrected chi connectivity index (χ0v) is 11.4. The lowest BCUT2D eigenvalue weighted by molar-refractivity contribution is -0.0506. The van der Waals surface area contributed by atoms with E-state index in [0.29, 0.717) is 16.3 Å². The highest BCUT2D eigenvalue weighted by molar-refractivity contribution is 7.16. The normalized spacial score (nSPS) is 12.7. The first-order valence-electron chi connectivity index (χ1n) is 5.60. The third kappa shape index (κ3) is 3.89. The van der Waals surface area contributed by atoms with Gasteiger partial charge in [-0.1, -0.05) is 29.8 Å². The van der Waals surface area contributed by atoms with Gasteiger partial charge in [-0.05, 0) is 18.2 Å². The molecule has 2 N–H and O–H groups in total. The van der Waals surface area contributed by atoms with Gasteiger partial charge in [0.15, 0.2) is 0 Å². The Balaban J connectivity index is 2.16. The van der Waals surface area contributed by atoms with Crippen LogP contribution in [-0.4, -0.2) is 6.61 Å². The molecule has 0 amide bonds. The summed E-state index contributed by atoms with van der Waals surface area (Å²) < 4.78 is 29.8. The monoisotopic (exact) mass is 303 g/mol. The highest BCUT2D eigenvalue weighted by atomic mass is 35.5. The summed E-state index contributed by atoms with van der Waals surface area (Å²) in [6.07, 6.45) is 0.529. The lowest BCUT2D eigenvalue weighted by atomic mass is 10.0. The maximum Gasteiger partial charge on any atom is 0.387 e. The smallest absolute Gasteiger partial charge is 0.387 e. The van der Waals surface area contributed by atoms with Gasteiger partial charge in [-0.2, -0.15) is 8.78 Å². The molecule has 1 heterocycles. The summed E-state index contributed by atoms with van der Waals surface area (Å²) in [5, 5.41) is 0. The predicted molar refractivity (Wildman–Crippen MR) is 73.0 cm³/mol. The fourth-order valence-electron chi connectivity index (χ4n) is 1.78. The van der Waals surface area contributed by atoms with E-state index in [4.69, 9.17) is 17.3 Å². The van der Waals surface area contributed by atoms with Gasteiger partial charge in [0.2, 0.25) is 0 Å². The first kappa shape index (κ1) is 14.2. The second-order valence-electron chi connectivity index (χ2n) is 3.93. The maximum atomic E-state index is 12.3. The highest BCUT2D eigenvalue weighted by Gasteiger charge is 2.16. The van der Waals surface area contributed by atoms with E-state index >= 15 is 0 Å². The molecule has 0 aliphatic carbocycles. The number of ether oxygens (including phenoxy) is 1. The molecule has 1 unspecified atom stereocenters. The predicted octanol–water partition coefficient (Wildman–Crippen LogP) is 4.25. The molecule has 19 heavy (non-hydrogen) atoms. The summed E-state index contributed by atoms with van der Waals surface area (Å²) in [5.41, 5.74) is 6.61. The van der Waals surface area contributed by atoms with Crippen LogP contribution in [-0.2, 0) is 6.42 Å². The van der Waals surface area contributed by atoms with Crippen LogP contribution in [0.5, 0.6) is 5.75 Å². The third-order valence-corrected chi connectivity index (χ3v) is 3.84. The fraction of sp³-hybridized carbons (Fsp3) is 0.231. The number of alkyl halides is 2. The van der Waals surface area contributed by atoms with Crippen LogP contribution in [0.25, 0.3) is 0 Å². The molecule has 1 aromatic carbocycles. The van der Waals surface area contributed by atoms with E-state index in [1.54, 1.807) is 24.3 Å². The molecular formula is C13H12ClF2NOS. The average molecular weight is 304 g/mol. The van der Waals surface area contributed by atoms with Crippen LogP contribution < -0.4 is 10.5 Å². The summed E-state index contributed by atoms with van der Waals surface area (Å²) >= 11 is 7.27. The van der Waals surface area contributed by atoms with Crippen LogP contribution in [0.1, 0.15) is 16.5 Å². The van der Waals surface area contributed by atoms with Crippen molar-refractivity contribution in [3.8, 4) is 5.75 Å². The molecule has 0 aliphatic rings. The summed E-state index contributed by atoms with van der Waals surface area (Å²) in [6, 6.07) is 9.81. The number of thiophene rings is 1. The topological polar surface area (TPSA) is 35.2 Å². The number of halogens is 3. The SMILES string of the molecule is NC(Cc1ccc(Cl)s1)c1ccccc1OC(F)F. The van der Waals surface area contributed by atoms with E-state index in [-0.39, 0.29) is 5.75 Å². The van der Waals surface area contributed by atoms with Crippen molar-refractivity contribution < 1.29 is 13.5 Å². The zero-order chi connectivity index (χ0) is 13.8. The molecule has 0 bridgehead atoms. The Morgan fingerprint density at radius 2 is 1.95 bits per heavy atom. The fourth-order valence-corrected chi connectivity index (χ4v) is 2.92. The van der Waals surface area contributed by atoms with E-state index in [1.807, 2.05) is 6.07 Å². The standard InChI is InChI=1S/C13H12ClF2NOS/c14-12-6-5-8(19-12)7-10(17)9-3-1-2-4-11(9)18-13(15)16/h1-6,10,13H,7,17H2. The number of para-hydroxylation sites is 1. The molecule has 2 aromatic rings. The molecule has 0 aliphatic heterocycles. The molecule has 0 radical (unpaired) electrons. The van der Waals surface area contributed by atoms with Gasteiger partial charge in [0, 0.05) is 22.9 Å². The van der Waals surface area contributed by atoms with Crippen LogP contribution >= 0.6 is 22.9 Å². The number of rotatable bonds is 5. The first-order valence-corrected chi connectivity index (χ1v) is 6.79. The molecule has 1 aromatic heterocycles. The number of nitrogens with two attached hydrogens (primary N) is 1. The Labute approximate surface area is 118 Å². The van der Waals surface area contributed by atoms with Crippen LogP contribution in [0.15, 0.2) is 36.4 Å². The Bertz CT molecular complexity index is 547. The molecule has 0 spiro atoms. The summed E-state index contributed by atoms with van der Waals surface area (Å²) in [7, 11) is 0. The molecule has 6 heteroatoms. The largest absolute Gasteiger partial charge is 0.434 e. The zero-order valence-electron chi connectivity index (χ0n) is 9.85. The molecule has 0 saturated carbocycles. The van der Waals surface area contributed by atoms with Crippen LogP contribution in [0.2, 0.25) is 4.34 Å². The van der Waals surface area contributed by atoms with Crippen molar-refractivity contribution in [2.45, 2.75) is 19.1 Å². The van der Waals surface area contributed by atoms with Crippen molar-refractivity contribution in [3.63, 3.8) is 0 Å². The highest BCUT2D eigenvalue weighted by Crippen LogP contribution is 2.30. The van der Waals surface area contributed by atoms with Crippen molar-refractivity contribution in [2.24, 2.45) is 5.73 Å². The van der Waals surface area contributed by atoms with E-state index in [2.05, 4.69) is 4.74 Å². The second-order valence-corrected chi connectivity index (χ2v) is 5.73. The molecule has 0 fully saturated rings. The van der Waals surface area contributed by atoms with Crippen molar-refractivity contribution in [1.82, 2.24) is 0 Å². The van der Waals surface area contributed by atoms with Gasteiger partial charge < -0.3 is 10.5 Å². The summed E-state index contributed by atoms with van der Waals surface area (Å²) in [5.74, 6) is 0.118. The Morgan fingerprint density at radius 1 is 1.21 bits per heavy atom. The van der Waals surface area contributed by atoms with Crippen molar-refractivity contribution >= 4 is 22.9 Å². The molecule has 2 rings (SSSR count). The van der Waals surface area contributed by atoms with Gasteiger partial charge in [-0.15, -0.1) is 11.3 Å². The molecule has 2 nitrogen and oxygen atoms in total. The minimum absolute atomic E-state index is 0.118. The summed E-state index contributed by atoms with van der Waals surface area (Å²) in [6.45, 7) is -2.86. The minimum atomic E-state index is -2.86. The van der Waals surface area contributed by atoms with Gasteiger partial charge in [0.1, 0.15) is 5.75 Å². The van der Waals surface area contributed by atoms with Crippen LogP contribution in [0.3, 0.4) is 0 Å². The molecular weight excluding hydrogens is 292 g/mol. The Kier molecular flexibility index (Phi) is 4.74. The quantitative estimate of drug-likeness (QED) is 0.896. The third-order valence-electron chi connectivity index (χ3n) is 2.58. The lowest BCUT2D eigenvalue weighted by Gasteiger charge is -2.15. The number of hydrogen-bond acceptors (Lipinski definition) is 3. The lowest BCUT2D eigenvalue weighted by Crippen LogP contribution is -2.15. The van der Waals surface area contributed by atoms with Crippen molar-refractivity contribution in [2.75, 3.05) is 0 Å². The molecule has 0 saturated heterocycles. The van der Waals surface area contributed by atoms with Crippen LogP contribution in [0, 0.1) is 0 Å². The van der Waals surface area contributed by atoms with Gasteiger partial charge in [0.25, 0.3) is 0 Å². The average Bonchev–Trinajstić information content (AvgIpc) is 2.74. The van der Waals surface area contributed by atoms with Crippen LogP contribution in [0.4, 0.5) is 8.78 Å². The number of hydrogen-bond donors (Lipinski definition) is 1. The first-order chi connectivity index (χ1) is 9.06. The van der Waals surface area contributed by atoms with E-state index in [1.165, 1.54) is 17.4 Å². The van der Waals surface area contributed by atoms with Gasteiger partial charge in [-0.3, -0.25) is 0 Å². The van der Waals surface area contributed by atoms with Crippen molar-refractivity contribution in [3.05, 3.63) is 51.2 Å². The Hall–Kier alpha value is -1.17. The maximum absolute atomic E-state index is 12.3. The van der Waals surface area contributed by atoms with Gasteiger partial charge in [-0.25, -0.2) is 0 Å². The molecule has 1 atom stereocenters. The van der Waals surface area contributed by atoms with Gasteiger partial charge in [0.05, 0.1) is 4.34 Å². The minimum Gasteiger partial charge on any atom is -0.434 e. The van der Waals surface area contributed by atoms with E-state index in [0.717, 1.165) is 4.88 Å². The number of benzene rings is 1.